The molecule has 2 aromatic carbocycles. The number of aromatic amines is 1. The van der Waals surface area contributed by atoms with Gasteiger partial charge in [0.15, 0.2) is 0 Å². The maximum absolute atomic E-state index is 13.1. The maximum atomic E-state index is 13.1. The van der Waals surface area contributed by atoms with Gasteiger partial charge in [0.1, 0.15) is 10.7 Å². The van der Waals surface area contributed by atoms with Gasteiger partial charge in [-0.2, -0.15) is 4.68 Å². The molecule has 0 saturated carbocycles. The first-order chi connectivity index (χ1) is 14.8. The second-order valence-electron chi connectivity index (χ2n) is 7.39. The lowest BCUT2D eigenvalue weighted by molar-refractivity contribution is 0.103. The number of rotatable bonds is 5. The largest absolute Gasteiger partial charge is 0.321 e. The molecule has 2 aromatic heterocycles. The summed E-state index contributed by atoms with van der Waals surface area (Å²) in [5.41, 5.74) is 4.44. The lowest BCUT2D eigenvalue weighted by Gasteiger charge is -2.03. The van der Waals surface area contributed by atoms with Crippen molar-refractivity contribution in [2.45, 2.75) is 27.2 Å². The summed E-state index contributed by atoms with van der Waals surface area (Å²) >= 11 is 1.12. The Morgan fingerprint density at radius 3 is 2.45 bits per heavy atom. The number of H-pyrrole nitrogens is 1. The third-order valence-electron chi connectivity index (χ3n) is 4.98. The number of carbonyl (C=O) groups is 1. The Kier molecular flexibility index (Phi) is 5.56. The molecule has 0 unspecified atom stereocenters. The lowest BCUT2D eigenvalue weighted by atomic mass is 10.0. The number of aromatic nitrogens is 3. The normalized spacial score (nSPS) is 11.0. The van der Waals surface area contributed by atoms with Crippen LogP contribution in [0.1, 0.15) is 37.7 Å². The summed E-state index contributed by atoms with van der Waals surface area (Å²) in [6, 6.07) is 13.6. The van der Waals surface area contributed by atoms with E-state index in [2.05, 4.69) is 15.4 Å². The van der Waals surface area contributed by atoms with Crippen molar-refractivity contribution in [3.8, 4) is 5.13 Å². The molecule has 0 radical (unpaired) electrons. The molecule has 1 amide bonds. The minimum atomic E-state index is -0.378. The minimum absolute atomic E-state index is 0.183. The molecular formula is C23H21FN4O2S. The summed E-state index contributed by atoms with van der Waals surface area (Å²) in [5.74, 6) is -0.735. The van der Waals surface area contributed by atoms with Crippen LogP contribution >= 0.6 is 11.3 Å². The first kappa shape index (κ1) is 20.7. The molecular weight excluding hydrogens is 415 g/mol. The highest BCUT2D eigenvalue weighted by Gasteiger charge is 2.20. The van der Waals surface area contributed by atoms with Crippen molar-refractivity contribution in [3.63, 3.8) is 0 Å². The highest BCUT2D eigenvalue weighted by atomic mass is 32.1. The van der Waals surface area contributed by atoms with E-state index in [4.69, 9.17) is 0 Å². The van der Waals surface area contributed by atoms with Crippen molar-refractivity contribution in [2.75, 3.05) is 5.32 Å². The molecule has 8 heteroatoms. The average Bonchev–Trinajstić information content (AvgIpc) is 3.26. The van der Waals surface area contributed by atoms with Crippen molar-refractivity contribution in [2.24, 2.45) is 0 Å². The van der Waals surface area contributed by atoms with Crippen LogP contribution in [0.4, 0.5) is 10.1 Å². The van der Waals surface area contributed by atoms with E-state index in [0.717, 1.165) is 28.2 Å². The molecule has 4 rings (SSSR count). The quantitative estimate of drug-likeness (QED) is 0.482. The first-order valence-electron chi connectivity index (χ1n) is 9.72. The molecule has 0 bridgehead atoms. The summed E-state index contributed by atoms with van der Waals surface area (Å²) in [6.45, 7) is 5.59. The van der Waals surface area contributed by atoms with Gasteiger partial charge in [0.25, 0.3) is 11.5 Å². The number of nitrogens with zero attached hydrogens (tertiary/aromatic N) is 2. The van der Waals surface area contributed by atoms with Gasteiger partial charge in [0.05, 0.1) is 5.69 Å². The van der Waals surface area contributed by atoms with Crippen LogP contribution in [-0.4, -0.2) is 20.7 Å². The van der Waals surface area contributed by atoms with Gasteiger partial charge in [-0.3, -0.25) is 14.7 Å². The lowest BCUT2D eigenvalue weighted by Crippen LogP contribution is -2.17. The second-order valence-corrected chi connectivity index (χ2v) is 8.37. The van der Waals surface area contributed by atoms with Gasteiger partial charge in [-0.05, 0) is 50.6 Å². The van der Waals surface area contributed by atoms with Crippen LogP contribution in [-0.2, 0) is 6.42 Å². The molecule has 31 heavy (non-hydrogen) atoms. The molecule has 0 aliphatic rings. The van der Waals surface area contributed by atoms with Crippen molar-refractivity contribution in [1.82, 2.24) is 14.8 Å². The molecule has 0 saturated heterocycles. The van der Waals surface area contributed by atoms with E-state index in [1.807, 2.05) is 38.1 Å². The average molecular weight is 437 g/mol. The molecule has 2 heterocycles. The molecule has 6 nitrogen and oxygen atoms in total. The number of anilines is 1. The zero-order valence-corrected chi connectivity index (χ0v) is 18.1. The Morgan fingerprint density at radius 2 is 1.77 bits per heavy atom. The molecule has 0 atom stereocenters. The fourth-order valence-electron chi connectivity index (χ4n) is 3.24. The SMILES string of the molecule is Cc1ccc(Cc2c(C)[nH]n(-c3nc(C)c(C(=O)Nc4ccc(F)cc4)s3)c2=O)cc1. The van der Waals surface area contributed by atoms with Crippen LogP contribution in [0.2, 0.25) is 0 Å². The van der Waals surface area contributed by atoms with Crippen molar-refractivity contribution >= 4 is 22.9 Å². The first-order valence-corrected chi connectivity index (χ1v) is 10.5. The molecule has 0 aliphatic heterocycles. The standard InChI is InChI=1S/C23H21FN4O2S/c1-13-4-6-16(7-5-13)12-19-14(2)27-28(22(19)30)23-25-15(3)20(31-23)21(29)26-18-10-8-17(24)9-11-18/h4-11,27H,12H2,1-3H3,(H,26,29). The van der Waals surface area contributed by atoms with E-state index in [1.54, 1.807) is 6.92 Å². The Balaban J connectivity index is 1.60. The summed E-state index contributed by atoms with van der Waals surface area (Å²) < 4.78 is 14.5. The van der Waals surface area contributed by atoms with E-state index < -0.39 is 0 Å². The number of amides is 1. The van der Waals surface area contributed by atoms with Crippen LogP contribution in [0, 0.1) is 26.6 Å². The molecule has 0 aliphatic carbocycles. The van der Waals surface area contributed by atoms with Gasteiger partial charge >= 0.3 is 0 Å². The molecule has 4 aromatic rings. The third kappa shape index (κ3) is 4.34. The highest BCUT2D eigenvalue weighted by molar-refractivity contribution is 7.16. The highest BCUT2D eigenvalue weighted by Crippen LogP contribution is 2.23. The topological polar surface area (TPSA) is 79.8 Å². The minimum Gasteiger partial charge on any atom is -0.321 e. The number of benzene rings is 2. The van der Waals surface area contributed by atoms with Gasteiger partial charge in [-0.1, -0.05) is 41.2 Å². The summed E-state index contributed by atoms with van der Waals surface area (Å²) in [4.78, 5) is 30.5. The third-order valence-corrected chi connectivity index (χ3v) is 6.12. The zero-order chi connectivity index (χ0) is 22.1. The van der Waals surface area contributed by atoms with Gasteiger partial charge in [0, 0.05) is 23.4 Å². The number of aryl methyl sites for hydroxylation is 3. The van der Waals surface area contributed by atoms with Gasteiger partial charge < -0.3 is 5.32 Å². The maximum Gasteiger partial charge on any atom is 0.277 e. The van der Waals surface area contributed by atoms with Gasteiger partial charge in [0.2, 0.25) is 5.13 Å². The summed E-state index contributed by atoms with van der Waals surface area (Å²) in [6.07, 6.45) is 0.511. The Morgan fingerprint density at radius 1 is 1.10 bits per heavy atom. The van der Waals surface area contributed by atoms with Crippen LogP contribution in [0.25, 0.3) is 5.13 Å². The van der Waals surface area contributed by atoms with Crippen LogP contribution in [0.5, 0.6) is 0 Å². The predicted molar refractivity (Wildman–Crippen MR) is 120 cm³/mol. The Bertz CT molecular complexity index is 1300. The number of hydrogen-bond acceptors (Lipinski definition) is 4. The van der Waals surface area contributed by atoms with E-state index in [-0.39, 0.29) is 17.3 Å². The Hall–Kier alpha value is -3.52. The fraction of sp³-hybridized carbons (Fsp3) is 0.174. The predicted octanol–water partition coefficient (Wildman–Crippen LogP) is 4.53. The zero-order valence-electron chi connectivity index (χ0n) is 17.3. The van der Waals surface area contributed by atoms with E-state index >= 15 is 0 Å². The van der Waals surface area contributed by atoms with E-state index in [9.17, 15) is 14.0 Å². The molecule has 0 fully saturated rings. The number of halogens is 1. The number of hydrogen-bond donors (Lipinski definition) is 2. The second kappa shape index (κ2) is 8.31. The van der Waals surface area contributed by atoms with Crippen molar-refractivity contribution in [1.29, 1.82) is 0 Å². The van der Waals surface area contributed by atoms with Crippen molar-refractivity contribution < 1.29 is 9.18 Å². The summed E-state index contributed by atoms with van der Waals surface area (Å²) in [7, 11) is 0. The van der Waals surface area contributed by atoms with E-state index in [0.29, 0.717) is 33.4 Å². The molecule has 0 spiro atoms. The van der Waals surface area contributed by atoms with Gasteiger partial charge in [-0.25, -0.2) is 9.37 Å². The monoisotopic (exact) mass is 436 g/mol. The summed E-state index contributed by atoms with van der Waals surface area (Å²) in [5, 5.41) is 6.20. The van der Waals surface area contributed by atoms with Crippen LogP contribution in [0.3, 0.4) is 0 Å². The number of carbonyl (C=O) groups excluding carboxylic acids is 1. The molecule has 2 N–H and O–H groups in total. The van der Waals surface area contributed by atoms with Gasteiger partial charge in [-0.15, -0.1) is 0 Å². The Labute approximate surface area is 182 Å². The molecule has 158 valence electrons. The van der Waals surface area contributed by atoms with Crippen molar-refractivity contribution in [3.05, 3.63) is 97.7 Å². The van der Waals surface area contributed by atoms with Crippen LogP contribution < -0.4 is 10.9 Å². The fourth-order valence-corrected chi connectivity index (χ4v) is 4.17. The smallest absolute Gasteiger partial charge is 0.277 e. The number of thiazole rings is 1. The van der Waals surface area contributed by atoms with Crippen LogP contribution in [0.15, 0.2) is 53.3 Å². The number of nitrogens with one attached hydrogen (secondary N) is 2. The van der Waals surface area contributed by atoms with E-state index in [1.165, 1.54) is 28.9 Å².